The van der Waals surface area contributed by atoms with E-state index in [1.165, 1.54) is 72.8 Å². The number of nitrogens with two attached hydrogens (primary N) is 2. The lowest BCUT2D eigenvalue weighted by atomic mass is 9.89. The van der Waals surface area contributed by atoms with Gasteiger partial charge in [-0.3, -0.25) is 38.4 Å². The Balaban J connectivity index is 0.000000189. The average Bonchev–Trinajstić information content (AvgIpc) is 1.72. The molecule has 18 rings (SSSR count). The van der Waals surface area contributed by atoms with Gasteiger partial charge in [0.05, 0.1) is 44.6 Å². The topological polar surface area (TPSA) is 430 Å². The zero-order valence-corrected chi connectivity index (χ0v) is 75.6. The van der Waals surface area contributed by atoms with Crippen LogP contribution in [0.1, 0.15) is 166 Å². The number of aromatic nitrogens is 6. The van der Waals surface area contributed by atoms with Crippen LogP contribution in [-0.2, 0) is 35.8 Å². The van der Waals surface area contributed by atoms with Crippen LogP contribution >= 0.6 is 0 Å². The number of fused-ring (bicyclic) bond motifs is 8. The summed E-state index contributed by atoms with van der Waals surface area (Å²) in [5, 5.41) is 55.9. The number of likely N-dealkylation sites (tertiary alicyclic amines) is 2. The minimum Gasteiger partial charge on any atom is -0.508 e. The van der Waals surface area contributed by atoms with E-state index in [0.29, 0.717) is 179 Å². The summed E-state index contributed by atoms with van der Waals surface area (Å²) in [5.41, 5.74) is 23.7. The maximum Gasteiger partial charge on any atom is 0.336 e. The predicted molar refractivity (Wildman–Crippen MR) is 522 cm³/mol. The number of unbranched alkanes of at least 4 members (excludes halogenated alkanes) is 4. The molecule has 12 aromatic rings. The first kappa shape index (κ1) is 92.3. The van der Waals surface area contributed by atoms with Crippen molar-refractivity contribution in [1.29, 1.82) is 0 Å². The monoisotopic (exact) mass is 1830 g/mol. The van der Waals surface area contributed by atoms with Crippen molar-refractivity contribution in [1.82, 2.24) is 59.3 Å². The van der Waals surface area contributed by atoms with E-state index in [1.807, 2.05) is 70.5 Å². The lowest BCUT2D eigenvalue weighted by Gasteiger charge is -2.30. The Morgan fingerprint density at radius 1 is 0.412 bits per heavy atom. The number of piperidine rings is 2. The molecule has 30 heteroatoms. The number of rotatable bonds is 32. The molecule has 8 heterocycles. The van der Waals surface area contributed by atoms with Crippen LogP contribution in [0.2, 0.25) is 0 Å². The van der Waals surface area contributed by atoms with Crippen LogP contribution in [-0.4, -0.2) is 170 Å². The number of benzene rings is 10. The van der Waals surface area contributed by atoms with E-state index in [-0.39, 0.29) is 109 Å². The van der Waals surface area contributed by atoms with Crippen LogP contribution in [0.5, 0.6) is 11.5 Å². The molecular weight excluding hydrogens is 1730 g/mol. The number of nitrogens with one attached hydrogen (secondary N) is 4. The molecule has 4 aromatic heterocycles. The number of phenols is 2. The van der Waals surface area contributed by atoms with Crippen LogP contribution in [0.15, 0.2) is 225 Å². The van der Waals surface area contributed by atoms with Crippen molar-refractivity contribution in [3.63, 3.8) is 0 Å². The van der Waals surface area contributed by atoms with Crippen molar-refractivity contribution >= 4 is 113 Å². The van der Waals surface area contributed by atoms with Gasteiger partial charge in [0.25, 0.3) is 23.6 Å². The van der Waals surface area contributed by atoms with Gasteiger partial charge in [0, 0.05) is 205 Å². The minimum absolute atomic E-state index is 0.0191. The number of carbonyl (C=O) groups excluding carboxylic acids is 6. The lowest BCUT2D eigenvalue weighted by molar-refractivity contribution is -0.122. The number of imidazole rings is 2. The van der Waals surface area contributed by atoms with E-state index in [2.05, 4.69) is 89.8 Å². The molecule has 0 unspecified atom stereocenters. The second-order valence-electron chi connectivity index (χ2n) is 34.9. The molecule has 0 saturated carbocycles. The second-order valence-corrected chi connectivity index (χ2v) is 34.9. The van der Waals surface area contributed by atoms with Gasteiger partial charge in [-0.25, -0.2) is 19.6 Å². The molecule has 2 atom stereocenters. The van der Waals surface area contributed by atoms with Crippen molar-refractivity contribution in [2.75, 3.05) is 52.4 Å². The van der Waals surface area contributed by atoms with Crippen molar-refractivity contribution in [3.8, 4) is 79.4 Å². The summed E-state index contributed by atoms with van der Waals surface area (Å²) in [4.78, 5) is 143. The lowest BCUT2D eigenvalue weighted by Crippen LogP contribution is -2.45. The number of aromatic carboxylic acids is 2. The Kier molecular flexibility index (Phi) is 27.7. The Morgan fingerprint density at radius 2 is 0.846 bits per heavy atom. The molecule has 696 valence electrons. The van der Waals surface area contributed by atoms with Crippen LogP contribution in [0.4, 0.5) is 0 Å². The van der Waals surface area contributed by atoms with Crippen molar-refractivity contribution in [2.45, 2.75) is 142 Å². The highest BCUT2D eigenvalue weighted by molar-refractivity contribution is 6.12. The number of carboxylic acid groups (broad SMARTS) is 2. The molecule has 8 aromatic carbocycles. The van der Waals surface area contributed by atoms with Crippen LogP contribution in [0, 0.1) is 0 Å². The Morgan fingerprint density at radius 3 is 1.31 bits per heavy atom. The number of phenolic OH excluding ortho intramolecular Hbond substituents is 2. The van der Waals surface area contributed by atoms with Crippen molar-refractivity contribution < 1.29 is 67.6 Å². The largest absolute Gasteiger partial charge is 0.508 e. The maximum absolute atomic E-state index is 13.6. The van der Waals surface area contributed by atoms with Gasteiger partial charge in [0.15, 0.2) is 22.5 Å². The second kappa shape index (κ2) is 40.9. The molecule has 6 aliphatic rings. The summed E-state index contributed by atoms with van der Waals surface area (Å²) in [6.07, 6.45) is 9.45. The summed E-state index contributed by atoms with van der Waals surface area (Å²) in [5.74, 6) is -1.55. The van der Waals surface area contributed by atoms with Gasteiger partial charge in [-0.2, -0.15) is 0 Å². The molecule has 0 radical (unpaired) electrons. The van der Waals surface area contributed by atoms with E-state index in [0.717, 1.165) is 106 Å². The number of carbonyl (C=O) groups is 8. The number of hydrogen-bond donors (Lipinski definition) is 10. The van der Waals surface area contributed by atoms with Crippen molar-refractivity contribution in [2.24, 2.45) is 11.5 Å². The number of hydrogen-bond acceptors (Lipinski definition) is 18. The third-order valence-electron chi connectivity index (χ3n) is 25.6. The fraction of sp³-hybridized carbons (Fsp3) is 0.283. The summed E-state index contributed by atoms with van der Waals surface area (Å²) < 4.78 is 20.7. The third kappa shape index (κ3) is 19.9. The molecule has 136 heavy (non-hydrogen) atoms. The summed E-state index contributed by atoms with van der Waals surface area (Å²) in [6.45, 7) is 11.0. The molecule has 30 nitrogen and oxygen atoms in total. The molecule has 12 N–H and O–H groups in total. The van der Waals surface area contributed by atoms with E-state index in [1.54, 1.807) is 36.4 Å². The minimum atomic E-state index is -1.24. The van der Waals surface area contributed by atoms with Crippen molar-refractivity contribution in [3.05, 3.63) is 260 Å². The molecule has 0 spiro atoms. The highest BCUT2D eigenvalue weighted by atomic mass is 16.4. The fourth-order valence-corrected chi connectivity index (χ4v) is 18.9. The molecule has 4 aliphatic heterocycles. The maximum atomic E-state index is 13.6. The first-order valence-electron chi connectivity index (χ1n) is 46.5. The zero-order valence-electron chi connectivity index (χ0n) is 75.6. The summed E-state index contributed by atoms with van der Waals surface area (Å²) in [7, 11) is 0. The van der Waals surface area contributed by atoms with E-state index in [9.17, 15) is 68.4 Å². The molecule has 2 saturated heterocycles. The van der Waals surface area contributed by atoms with Gasteiger partial charge < -0.3 is 90.1 Å². The number of para-hydroxylation sites is 2. The van der Waals surface area contributed by atoms with Crippen LogP contribution in [0.3, 0.4) is 0 Å². The molecule has 0 bridgehead atoms. The number of carboxylic acids is 2. The number of aryl methyl sites for hydroxylation is 4. The quantitative estimate of drug-likeness (QED) is 0.0138. The highest BCUT2D eigenvalue weighted by Crippen LogP contribution is 2.45. The molecule has 2 aliphatic carbocycles. The first-order valence-corrected chi connectivity index (χ1v) is 46.5. The summed E-state index contributed by atoms with van der Waals surface area (Å²) >= 11 is 0. The third-order valence-corrected chi connectivity index (χ3v) is 25.6. The Hall–Kier alpha value is -15.6. The van der Waals surface area contributed by atoms with Gasteiger partial charge in [0.2, 0.25) is 11.8 Å². The van der Waals surface area contributed by atoms with E-state index >= 15 is 0 Å². The van der Waals surface area contributed by atoms with Gasteiger partial charge in [-0.1, -0.05) is 55.3 Å². The Bertz CT molecular complexity index is 7380. The molecule has 6 amide bonds. The number of amides is 6. The van der Waals surface area contributed by atoms with Gasteiger partial charge in [0.1, 0.15) is 34.2 Å². The standard InChI is InChI=1S/2C53H53N7O8/c1-2-59-43-12-6-5-10-32(43)28-45(59)50-57-42-27-34(52(65)58-24-8-11-35(54)31-58)15-21-44(42)60(50)25-9-23-55-48(63)13-4-3-7-22-56-51(64)33-14-18-38(53(66)67)41(26-33)49-39-19-16-36(61)29-46(39)68-47-30-37(62)17-20-40(47)49;1-2-59-43-12-6-5-10-32(43)28-45(59)50-57-42-27-34(52(65)58-24-8-11-35(54)31-58)15-21-44(42)60(50)25-9-23-55-48(63)13-4-3-7-22-56-51(64)33-14-18-38(41(26-33)53(66)67)49-39-19-16-36(61)29-46(39)68-47-30-37(62)17-20-40(47)49/h2*5-6,10,12,14-21,26-30,35,61H,2-4,7-9,11,13,22-25,31,54H2,1H3,(H,55,63)(H,56,64)(H,66,67)/t2*35-/m11/s1. The Labute approximate surface area is 781 Å². The predicted octanol–water partition coefficient (Wildman–Crippen LogP) is 16.0. The van der Waals surface area contributed by atoms with Gasteiger partial charge in [-0.05, 0) is 229 Å². The fourth-order valence-electron chi connectivity index (χ4n) is 18.9. The summed E-state index contributed by atoms with van der Waals surface area (Å²) in [6, 6.07) is 58.4. The zero-order chi connectivity index (χ0) is 95.0. The van der Waals surface area contributed by atoms with Crippen LogP contribution in [0.25, 0.3) is 134 Å². The first-order chi connectivity index (χ1) is 65.9. The highest BCUT2D eigenvalue weighted by Gasteiger charge is 2.31. The van der Waals surface area contributed by atoms with E-state index in [4.69, 9.17) is 30.3 Å². The average molecular weight is 1830 g/mol. The molecule has 2 fully saturated rings. The van der Waals surface area contributed by atoms with Gasteiger partial charge in [-0.15, -0.1) is 0 Å². The SMILES string of the molecule is CCn1c(-c2nc3cc(C(=O)N4CCC[C@@H](N)C4)ccc3n2CCCNC(=O)CCCCCNC(=O)c2ccc(-c3c4ccc(=O)cc-4oc4cc(O)ccc34)c(C(=O)O)c2)cc2ccccc21.CCn1c(-c2nc3cc(C(=O)N4CCC[C@@H](N)C4)ccc3n2CCCNC(=O)CCCCCNC(=O)c2ccc(C(=O)O)c(-c3c4ccc(=O)cc-4oc4cc(O)ccc34)c2)cc2ccccc21. The smallest absolute Gasteiger partial charge is 0.336 e. The van der Waals surface area contributed by atoms with E-state index < -0.39 is 23.8 Å². The normalized spacial score (nSPS) is 14.0. The number of nitrogens with zero attached hydrogens (tertiary/aromatic N) is 8. The van der Waals surface area contributed by atoms with Gasteiger partial charge >= 0.3 is 11.9 Å². The number of aromatic hydroxyl groups is 2. The van der Waals surface area contributed by atoms with Crippen LogP contribution < -0.4 is 43.6 Å². The molecular formula is C106H106N14O16.